The Morgan fingerprint density at radius 1 is 1.25 bits per heavy atom. The van der Waals surface area contributed by atoms with Crippen molar-refractivity contribution in [3.8, 4) is 0 Å². The van der Waals surface area contributed by atoms with E-state index in [1.165, 1.54) is 12.8 Å². The number of anilines is 1. The second-order valence-electron chi connectivity index (χ2n) is 6.77. The van der Waals surface area contributed by atoms with Gasteiger partial charge >= 0.3 is 0 Å². The van der Waals surface area contributed by atoms with Crippen molar-refractivity contribution in [2.75, 3.05) is 44.7 Å². The highest BCUT2D eigenvalue weighted by Gasteiger charge is 2.31. The van der Waals surface area contributed by atoms with Crippen LogP contribution in [0.1, 0.15) is 25.0 Å². The van der Waals surface area contributed by atoms with Gasteiger partial charge < -0.3 is 9.80 Å². The number of pyridine rings is 1. The van der Waals surface area contributed by atoms with Crippen molar-refractivity contribution in [1.29, 1.82) is 0 Å². The second-order valence-corrected chi connectivity index (χ2v) is 7.16. The van der Waals surface area contributed by atoms with Crippen molar-refractivity contribution in [1.82, 2.24) is 20.2 Å². The second kappa shape index (κ2) is 6.64. The van der Waals surface area contributed by atoms with E-state index < -0.39 is 0 Å². The first-order valence-electron chi connectivity index (χ1n) is 8.74. The number of rotatable bonds is 2. The van der Waals surface area contributed by atoms with Crippen LogP contribution in [0.4, 0.5) is 5.69 Å². The Balaban J connectivity index is 1.38. The molecule has 2 fully saturated rings. The van der Waals surface area contributed by atoms with Gasteiger partial charge in [0.25, 0.3) is 0 Å². The molecule has 3 heterocycles. The highest BCUT2D eigenvalue weighted by Crippen LogP contribution is 2.27. The summed E-state index contributed by atoms with van der Waals surface area (Å²) in [6, 6.07) is 4.90. The fourth-order valence-electron chi connectivity index (χ4n) is 3.46. The van der Waals surface area contributed by atoms with E-state index >= 15 is 0 Å². The first-order valence-corrected chi connectivity index (χ1v) is 9.15. The largest absolute Gasteiger partial charge is 0.372 e. The molecule has 1 aromatic heterocycles. The van der Waals surface area contributed by atoms with Gasteiger partial charge in [-0.2, -0.15) is 5.10 Å². The van der Waals surface area contributed by atoms with E-state index in [-0.39, 0.29) is 0 Å². The molecule has 24 heavy (non-hydrogen) atoms. The summed E-state index contributed by atoms with van der Waals surface area (Å²) < 4.78 is 0. The van der Waals surface area contributed by atoms with Gasteiger partial charge in [-0.1, -0.05) is 0 Å². The lowest BCUT2D eigenvalue weighted by Crippen LogP contribution is -2.51. The minimum atomic E-state index is 0.731. The standard InChI is InChI=1S/C17H24N6S/c1-21-8-6-14(16-15(21)3-2-7-18-16)19-20-17(24)23-11-9-22(10-12-23)13-4-5-13/h2-3,7,13H,4-6,8-12H2,1H3,(H,20,24)/b19-14-. The van der Waals surface area contributed by atoms with E-state index in [1.54, 1.807) is 0 Å². The molecule has 0 spiro atoms. The summed E-state index contributed by atoms with van der Waals surface area (Å²) in [5.41, 5.74) is 6.19. The normalized spacial score (nSPS) is 23.3. The van der Waals surface area contributed by atoms with Crippen LogP contribution in [0.2, 0.25) is 0 Å². The van der Waals surface area contributed by atoms with Crippen LogP contribution in [0.15, 0.2) is 23.4 Å². The molecule has 3 aliphatic rings. The summed E-state index contributed by atoms with van der Waals surface area (Å²) in [7, 11) is 2.09. The van der Waals surface area contributed by atoms with Crippen molar-refractivity contribution in [3.63, 3.8) is 0 Å². The molecule has 4 rings (SSSR count). The molecule has 0 radical (unpaired) electrons. The van der Waals surface area contributed by atoms with Crippen LogP contribution in [0.5, 0.6) is 0 Å². The number of hydrogen-bond donors (Lipinski definition) is 1. The van der Waals surface area contributed by atoms with Crippen molar-refractivity contribution < 1.29 is 0 Å². The van der Waals surface area contributed by atoms with Gasteiger partial charge in [-0.15, -0.1) is 0 Å². The van der Waals surface area contributed by atoms with Crippen molar-refractivity contribution >= 4 is 28.7 Å². The zero-order valence-electron chi connectivity index (χ0n) is 14.1. The van der Waals surface area contributed by atoms with Gasteiger partial charge in [-0.05, 0) is 37.2 Å². The van der Waals surface area contributed by atoms with Crippen LogP contribution in [-0.4, -0.2) is 71.4 Å². The van der Waals surface area contributed by atoms with Crippen LogP contribution in [-0.2, 0) is 0 Å². The molecule has 0 amide bonds. The molecular formula is C17H24N6S. The van der Waals surface area contributed by atoms with Crippen LogP contribution >= 0.6 is 12.2 Å². The quantitative estimate of drug-likeness (QED) is 0.644. The van der Waals surface area contributed by atoms with E-state index in [4.69, 9.17) is 12.2 Å². The monoisotopic (exact) mass is 344 g/mol. The average Bonchev–Trinajstić information content (AvgIpc) is 3.46. The lowest BCUT2D eigenvalue weighted by Gasteiger charge is -2.35. The lowest BCUT2D eigenvalue weighted by molar-refractivity contribution is 0.173. The number of thiocarbonyl (C=S) groups is 1. The van der Waals surface area contributed by atoms with E-state index in [9.17, 15) is 0 Å². The zero-order chi connectivity index (χ0) is 16.5. The van der Waals surface area contributed by atoms with Gasteiger partial charge in [0.05, 0.1) is 11.4 Å². The van der Waals surface area contributed by atoms with Crippen LogP contribution in [0.3, 0.4) is 0 Å². The molecule has 1 aromatic rings. The Labute approximate surface area is 148 Å². The van der Waals surface area contributed by atoms with Gasteiger partial charge in [0, 0.05) is 58.4 Å². The molecule has 2 aliphatic heterocycles. The fourth-order valence-corrected chi connectivity index (χ4v) is 3.69. The Kier molecular flexibility index (Phi) is 4.37. The molecule has 0 bridgehead atoms. The number of hydrogen-bond acceptors (Lipinski definition) is 5. The first-order chi connectivity index (χ1) is 11.7. The predicted octanol–water partition coefficient (Wildman–Crippen LogP) is 1.28. The highest BCUT2D eigenvalue weighted by molar-refractivity contribution is 7.80. The summed E-state index contributed by atoms with van der Waals surface area (Å²) in [5, 5.41) is 5.31. The average molecular weight is 344 g/mol. The summed E-state index contributed by atoms with van der Waals surface area (Å²) in [6.07, 6.45) is 5.45. The third-order valence-electron chi connectivity index (χ3n) is 5.11. The number of fused-ring (bicyclic) bond motifs is 1. The van der Waals surface area contributed by atoms with E-state index in [0.717, 1.165) is 67.4 Å². The minimum absolute atomic E-state index is 0.731. The lowest BCUT2D eigenvalue weighted by atomic mass is 10.1. The van der Waals surface area contributed by atoms with Gasteiger partial charge in [-0.3, -0.25) is 15.3 Å². The van der Waals surface area contributed by atoms with Crippen LogP contribution < -0.4 is 10.3 Å². The van der Waals surface area contributed by atoms with Crippen molar-refractivity contribution in [2.24, 2.45) is 5.10 Å². The number of piperazine rings is 1. The zero-order valence-corrected chi connectivity index (χ0v) is 14.9. The van der Waals surface area contributed by atoms with E-state index in [0.29, 0.717) is 0 Å². The highest BCUT2D eigenvalue weighted by atomic mass is 32.1. The van der Waals surface area contributed by atoms with Gasteiger partial charge in [0.2, 0.25) is 0 Å². The summed E-state index contributed by atoms with van der Waals surface area (Å²) in [6.45, 7) is 5.15. The van der Waals surface area contributed by atoms with E-state index in [2.05, 4.69) is 43.3 Å². The molecule has 0 atom stereocenters. The van der Waals surface area contributed by atoms with Gasteiger partial charge in [0.1, 0.15) is 5.69 Å². The third kappa shape index (κ3) is 3.23. The number of nitrogens with one attached hydrogen (secondary N) is 1. The van der Waals surface area contributed by atoms with Crippen LogP contribution in [0, 0.1) is 0 Å². The molecule has 128 valence electrons. The predicted molar refractivity (Wildman–Crippen MR) is 101 cm³/mol. The first kappa shape index (κ1) is 15.8. The SMILES string of the molecule is CN1CC/C(=N/NC(=S)N2CCN(C3CC3)CC2)c2ncccc21. The summed E-state index contributed by atoms with van der Waals surface area (Å²) in [5.74, 6) is 0. The topological polar surface area (TPSA) is 47.0 Å². The molecule has 7 heteroatoms. The Hall–Kier alpha value is -1.73. The van der Waals surface area contributed by atoms with Crippen LogP contribution in [0.25, 0.3) is 0 Å². The molecule has 1 aliphatic carbocycles. The molecule has 6 nitrogen and oxygen atoms in total. The minimum Gasteiger partial charge on any atom is -0.372 e. The Morgan fingerprint density at radius 3 is 2.79 bits per heavy atom. The number of nitrogens with zero attached hydrogens (tertiary/aromatic N) is 5. The fraction of sp³-hybridized carbons (Fsp3) is 0.588. The number of hydrazone groups is 1. The third-order valence-corrected chi connectivity index (χ3v) is 5.46. The molecule has 1 N–H and O–H groups in total. The maximum atomic E-state index is 5.54. The Morgan fingerprint density at radius 2 is 2.04 bits per heavy atom. The molecule has 0 aromatic carbocycles. The molecule has 1 saturated carbocycles. The smallest absolute Gasteiger partial charge is 0.189 e. The number of aromatic nitrogens is 1. The van der Waals surface area contributed by atoms with Crippen molar-refractivity contribution in [3.05, 3.63) is 24.0 Å². The Bertz CT molecular complexity index is 648. The van der Waals surface area contributed by atoms with Gasteiger partial charge in [-0.25, -0.2) is 0 Å². The maximum absolute atomic E-state index is 5.54. The molecular weight excluding hydrogens is 320 g/mol. The maximum Gasteiger partial charge on any atom is 0.189 e. The molecule has 1 saturated heterocycles. The molecule has 0 unspecified atom stereocenters. The van der Waals surface area contributed by atoms with Gasteiger partial charge in [0.15, 0.2) is 5.11 Å². The van der Waals surface area contributed by atoms with Crippen molar-refractivity contribution in [2.45, 2.75) is 25.3 Å². The summed E-state index contributed by atoms with van der Waals surface area (Å²) in [4.78, 5) is 11.5. The van der Waals surface area contributed by atoms with E-state index in [1.807, 2.05) is 12.3 Å². The summed E-state index contributed by atoms with van der Waals surface area (Å²) >= 11 is 5.54.